The summed E-state index contributed by atoms with van der Waals surface area (Å²) in [5.41, 5.74) is 2.86. The third-order valence-electron chi connectivity index (χ3n) is 4.44. The Morgan fingerprint density at radius 3 is 2.58 bits per heavy atom. The summed E-state index contributed by atoms with van der Waals surface area (Å²) in [4.78, 5) is 14.7. The van der Waals surface area contributed by atoms with E-state index in [1.807, 2.05) is 42.5 Å². The number of morpholine rings is 1. The Morgan fingerprint density at radius 1 is 1.12 bits per heavy atom. The second-order valence-electron chi connectivity index (χ2n) is 6.75. The highest BCUT2D eigenvalue weighted by atomic mass is 16.5. The lowest BCUT2D eigenvalue weighted by Gasteiger charge is -2.41. The summed E-state index contributed by atoms with van der Waals surface area (Å²) in [6, 6.07) is 18.0. The van der Waals surface area contributed by atoms with Crippen LogP contribution in [-0.4, -0.2) is 42.6 Å². The van der Waals surface area contributed by atoms with Crippen molar-refractivity contribution >= 4 is 11.6 Å². The van der Waals surface area contributed by atoms with Crippen LogP contribution in [0, 0.1) is 0 Å². The molecule has 1 aliphatic heterocycles. The fraction of sp³-hybridized carbons (Fsp3) is 0.350. The van der Waals surface area contributed by atoms with E-state index in [-0.39, 0.29) is 11.4 Å². The molecule has 2 aromatic rings. The number of para-hydroxylation sites is 1. The van der Waals surface area contributed by atoms with Gasteiger partial charge in [-0.15, -0.1) is 0 Å². The fourth-order valence-electron chi connectivity index (χ4n) is 3.01. The highest BCUT2D eigenvalue weighted by Crippen LogP contribution is 2.27. The van der Waals surface area contributed by atoms with E-state index in [1.54, 1.807) is 0 Å². The smallest absolute Gasteiger partial charge is 0.238 e. The lowest BCUT2D eigenvalue weighted by Crippen LogP contribution is -2.55. The van der Waals surface area contributed by atoms with Crippen molar-refractivity contribution in [3.05, 3.63) is 54.6 Å². The number of nitrogens with zero attached hydrogens (tertiary/aromatic N) is 1. The maximum Gasteiger partial charge on any atom is 0.238 e. The molecule has 24 heavy (non-hydrogen) atoms. The normalized spacial score (nSPS) is 17.4. The van der Waals surface area contributed by atoms with Crippen molar-refractivity contribution in [1.29, 1.82) is 0 Å². The first-order valence-corrected chi connectivity index (χ1v) is 8.33. The number of carbonyl (C=O) groups is 1. The molecule has 0 unspecified atom stereocenters. The summed E-state index contributed by atoms with van der Waals surface area (Å²) in [5.74, 6) is 0.00774. The average Bonchev–Trinajstić information content (AvgIpc) is 2.58. The topological polar surface area (TPSA) is 41.6 Å². The third kappa shape index (κ3) is 3.83. The van der Waals surface area contributed by atoms with Crippen LogP contribution in [0.5, 0.6) is 0 Å². The predicted molar refractivity (Wildman–Crippen MR) is 97.0 cm³/mol. The summed E-state index contributed by atoms with van der Waals surface area (Å²) in [7, 11) is 0. The third-order valence-corrected chi connectivity index (χ3v) is 4.44. The quantitative estimate of drug-likeness (QED) is 0.937. The number of carbonyl (C=O) groups excluding carboxylic acids is 1. The largest absolute Gasteiger partial charge is 0.378 e. The van der Waals surface area contributed by atoms with Crippen molar-refractivity contribution in [2.45, 2.75) is 19.4 Å². The maximum absolute atomic E-state index is 12.6. The molecule has 0 spiro atoms. The average molecular weight is 324 g/mol. The zero-order valence-electron chi connectivity index (χ0n) is 14.3. The molecule has 0 atom stereocenters. The van der Waals surface area contributed by atoms with Crippen molar-refractivity contribution in [2.24, 2.45) is 0 Å². The first kappa shape index (κ1) is 16.7. The SMILES string of the molecule is CC1(C)COCCN1CC(=O)Nc1ccccc1-c1ccccc1. The van der Waals surface area contributed by atoms with Gasteiger partial charge in [0.2, 0.25) is 5.91 Å². The molecule has 3 rings (SSSR count). The van der Waals surface area contributed by atoms with Crippen LogP contribution in [-0.2, 0) is 9.53 Å². The number of anilines is 1. The number of ether oxygens (including phenoxy) is 1. The van der Waals surface area contributed by atoms with Gasteiger partial charge >= 0.3 is 0 Å². The number of nitrogens with one attached hydrogen (secondary N) is 1. The van der Waals surface area contributed by atoms with E-state index in [0.717, 1.165) is 23.4 Å². The van der Waals surface area contributed by atoms with Crippen molar-refractivity contribution in [3.8, 4) is 11.1 Å². The van der Waals surface area contributed by atoms with Gasteiger partial charge in [-0.05, 0) is 25.5 Å². The minimum absolute atomic E-state index is 0.00774. The van der Waals surface area contributed by atoms with Crippen molar-refractivity contribution in [2.75, 3.05) is 31.6 Å². The van der Waals surface area contributed by atoms with Crippen LogP contribution in [0.15, 0.2) is 54.6 Å². The molecule has 2 aromatic carbocycles. The van der Waals surface area contributed by atoms with Crippen LogP contribution in [0.3, 0.4) is 0 Å². The maximum atomic E-state index is 12.6. The number of hydrogen-bond donors (Lipinski definition) is 1. The number of amides is 1. The van der Waals surface area contributed by atoms with Crippen LogP contribution in [0.4, 0.5) is 5.69 Å². The first-order chi connectivity index (χ1) is 11.6. The molecule has 0 saturated carbocycles. The Bertz CT molecular complexity index is 698. The minimum Gasteiger partial charge on any atom is -0.378 e. The van der Waals surface area contributed by atoms with Crippen LogP contribution in [0.2, 0.25) is 0 Å². The summed E-state index contributed by atoms with van der Waals surface area (Å²) < 4.78 is 5.52. The van der Waals surface area contributed by atoms with E-state index < -0.39 is 0 Å². The summed E-state index contributed by atoms with van der Waals surface area (Å²) in [5, 5.41) is 3.07. The molecule has 1 amide bonds. The monoisotopic (exact) mass is 324 g/mol. The van der Waals surface area contributed by atoms with Gasteiger partial charge in [0, 0.05) is 23.3 Å². The molecule has 0 bridgehead atoms. The minimum atomic E-state index is -0.117. The highest BCUT2D eigenvalue weighted by molar-refractivity contribution is 5.96. The lowest BCUT2D eigenvalue weighted by molar-refractivity contribution is -0.122. The Morgan fingerprint density at radius 2 is 1.83 bits per heavy atom. The molecule has 0 aliphatic carbocycles. The Balaban J connectivity index is 1.73. The van der Waals surface area contributed by atoms with E-state index in [2.05, 4.69) is 36.2 Å². The molecule has 0 radical (unpaired) electrons. The number of rotatable bonds is 4. The summed E-state index contributed by atoms with van der Waals surface area (Å²) in [6.45, 7) is 6.70. The molecule has 1 heterocycles. The first-order valence-electron chi connectivity index (χ1n) is 8.33. The van der Waals surface area contributed by atoms with Gasteiger partial charge in [0.15, 0.2) is 0 Å². The van der Waals surface area contributed by atoms with Crippen LogP contribution >= 0.6 is 0 Å². The molecule has 4 nitrogen and oxygen atoms in total. The van der Waals surface area contributed by atoms with Crippen LogP contribution in [0.1, 0.15) is 13.8 Å². The van der Waals surface area contributed by atoms with E-state index >= 15 is 0 Å². The van der Waals surface area contributed by atoms with E-state index in [1.165, 1.54) is 0 Å². The molecule has 1 aliphatic rings. The number of hydrogen-bond acceptors (Lipinski definition) is 3. The molecule has 1 N–H and O–H groups in total. The van der Waals surface area contributed by atoms with E-state index in [9.17, 15) is 4.79 Å². The van der Waals surface area contributed by atoms with Gasteiger partial charge in [-0.1, -0.05) is 48.5 Å². The molecular weight excluding hydrogens is 300 g/mol. The Kier molecular flexibility index (Phi) is 4.97. The van der Waals surface area contributed by atoms with E-state index in [0.29, 0.717) is 19.8 Å². The molecule has 1 fully saturated rings. The lowest BCUT2D eigenvalue weighted by atomic mass is 10.0. The van der Waals surface area contributed by atoms with Gasteiger partial charge in [-0.2, -0.15) is 0 Å². The van der Waals surface area contributed by atoms with Gasteiger partial charge in [0.1, 0.15) is 0 Å². The molecular formula is C20H24N2O2. The molecule has 1 saturated heterocycles. The molecule has 4 heteroatoms. The molecule has 126 valence electrons. The van der Waals surface area contributed by atoms with Gasteiger partial charge in [0.25, 0.3) is 0 Å². The summed E-state index contributed by atoms with van der Waals surface area (Å²) in [6.07, 6.45) is 0. The standard InChI is InChI=1S/C20H24N2O2/c1-20(2)15-24-13-12-22(20)14-19(23)21-18-11-7-6-10-17(18)16-8-4-3-5-9-16/h3-11H,12-15H2,1-2H3,(H,21,23). The van der Waals surface area contributed by atoms with Crippen molar-refractivity contribution in [1.82, 2.24) is 4.90 Å². The zero-order valence-corrected chi connectivity index (χ0v) is 14.3. The van der Waals surface area contributed by atoms with Crippen LogP contribution < -0.4 is 5.32 Å². The second-order valence-corrected chi connectivity index (χ2v) is 6.75. The molecule has 0 aromatic heterocycles. The van der Waals surface area contributed by atoms with Gasteiger partial charge in [-0.25, -0.2) is 0 Å². The van der Waals surface area contributed by atoms with E-state index in [4.69, 9.17) is 4.74 Å². The zero-order chi connectivity index (χ0) is 17.0. The van der Waals surface area contributed by atoms with Crippen molar-refractivity contribution < 1.29 is 9.53 Å². The summed E-state index contributed by atoms with van der Waals surface area (Å²) >= 11 is 0. The second kappa shape index (κ2) is 7.16. The Hall–Kier alpha value is -2.17. The Labute approximate surface area is 143 Å². The fourth-order valence-corrected chi connectivity index (χ4v) is 3.01. The van der Waals surface area contributed by atoms with Gasteiger partial charge in [-0.3, -0.25) is 9.69 Å². The predicted octanol–water partition coefficient (Wildman–Crippen LogP) is 3.40. The van der Waals surface area contributed by atoms with Gasteiger partial charge in [0.05, 0.1) is 19.8 Å². The highest BCUT2D eigenvalue weighted by Gasteiger charge is 2.31. The van der Waals surface area contributed by atoms with Crippen molar-refractivity contribution in [3.63, 3.8) is 0 Å². The van der Waals surface area contributed by atoms with Crippen LogP contribution in [0.25, 0.3) is 11.1 Å². The van der Waals surface area contributed by atoms with Gasteiger partial charge < -0.3 is 10.1 Å². The number of benzene rings is 2.